The largest absolute Gasteiger partial charge is 0.506 e. The first kappa shape index (κ1) is 19.1. The van der Waals surface area contributed by atoms with Crippen molar-refractivity contribution < 1.29 is 18.3 Å². The maximum atomic E-state index is 12.5. The average molecular weight is 383 g/mol. The van der Waals surface area contributed by atoms with Crippen LogP contribution in [0.1, 0.15) is 20.3 Å². The van der Waals surface area contributed by atoms with Crippen LogP contribution in [0, 0.1) is 5.92 Å². The third kappa shape index (κ3) is 4.87. The maximum absolute atomic E-state index is 12.5. The minimum atomic E-state index is -3.90. The van der Waals surface area contributed by atoms with E-state index < -0.39 is 10.0 Å². The van der Waals surface area contributed by atoms with Crippen LogP contribution in [0.2, 0.25) is 5.02 Å². The third-order valence-corrected chi connectivity index (χ3v) is 5.29. The van der Waals surface area contributed by atoms with Crippen molar-refractivity contribution in [1.82, 2.24) is 0 Å². The molecule has 8 heteroatoms. The van der Waals surface area contributed by atoms with Gasteiger partial charge in [0.15, 0.2) is 0 Å². The summed E-state index contributed by atoms with van der Waals surface area (Å²) in [6.45, 7) is 3.60. The lowest BCUT2D eigenvalue weighted by Crippen LogP contribution is -2.20. The second-order valence-corrected chi connectivity index (χ2v) is 7.71. The zero-order valence-electron chi connectivity index (χ0n) is 13.8. The van der Waals surface area contributed by atoms with E-state index in [1.807, 2.05) is 6.92 Å². The van der Waals surface area contributed by atoms with Crippen LogP contribution in [-0.4, -0.2) is 19.4 Å². The van der Waals surface area contributed by atoms with Crippen LogP contribution in [0.25, 0.3) is 0 Å². The molecule has 0 bridgehead atoms. The molecule has 2 aromatic rings. The number of aromatic hydroxyl groups is 1. The average Bonchev–Trinajstić information content (AvgIpc) is 2.55. The lowest BCUT2D eigenvalue weighted by Gasteiger charge is -2.13. The lowest BCUT2D eigenvalue weighted by atomic mass is 10.1. The molecule has 0 heterocycles. The standard InChI is InChI=1S/C17H19ClN2O4S/c1-3-11(2)17(22)19-15-10-14(7-8-16(15)21)25(23,24)20-13-6-4-5-12(18)9-13/h4-11,20-21H,3H2,1-2H3,(H,19,22). The Morgan fingerprint density at radius 2 is 1.96 bits per heavy atom. The molecule has 1 amide bonds. The number of hydrogen-bond donors (Lipinski definition) is 3. The number of hydrogen-bond acceptors (Lipinski definition) is 4. The maximum Gasteiger partial charge on any atom is 0.261 e. The van der Waals surface area contributed by atoms with E-state index in [4.69, 9.17) is 11.6 Å². The van der Waals surface area contributed by atoms with Crippen molar-refractivity contribution in [3.8, 4) is 5.75 Å². The van der Waals surface area contributed by atoms with Gasteiger partial charge in [-0.1, -0.05) is 31.5 Å². The molecule has 6 nitrogen and oxygen atoms in total. The highest BCUT2D eigenvalue weighted by atomic mass is 35.5. The molecular formula is C17H19ClN2O4S. The second kappa shape index (κ2) is 7.76. The normalized spacial score (nSPS) is 12.4. The predicted molar refractivity (Wildman–Crippen MR) is 98.5 cm³/mol. The predicted octanol–water partition coefficient (Wildman–Crippen LogP) is 3.83. The molecule has 134 valence electrons. The number of carbonyl (C=O) groups excluding carboxylic acids is 1. The van der Waals surface area contributed by atoms with Gasteiger partial charge in [0, 0.05) is 10.9 Å². The number of phenols is 1. The quantitative estimate of drug-likeness (QED) is 0.661. The highest BCUT2D eigenvalue weighted by molar-refractivity contribution is 7.92. The van der Waals surface area contributed by atoms with Crippen LogP contribution in [-0.2, 0) is 14.8 Å². The molecule has 0 fully saturated rings. The second-order valence-electron chi connectivity index (χ2n) is 5.59. The molecule has 3 N–H and O–H groups in total. The molecule has 0 aliphatic rings. The summed E-state index contributed by atoms with van der Waals surface area (Å²) in [5.74, 6) is -0.766. The van der Waals surface area contributed by atoms with Crippen molar-refractivity contribution in [3.05, 3.63) is 47.5 Å². The Morgan fingerprint density at radius 1 is 1.24 bits per heavy atom. The summed E-state index contributed by atoms with van der Waals surface area (Å²) in [6.07, 6.45) is 0.626. The Hall–Kier alpha value is -2.25. The molecule has 0 saturated carbocycles. The number of carbonyl (C=O) groups is 1. The van der Waals surface area contributed by atoms with Crippen molar-refractivity contribution in [2.45, 2.75) is 25.2 Å². The number of nitrogens with one attached hydrogen (secondary N) is 2. The van der Waals surface area contributed by atoms with E-state index in [9.17, 15) is 18.3 Å². The van der Waals surface area contributed by atoms with E-state index >= 15 is 0 Å². The number of benzene rings is 2. The Morgan fingerprint density at radius 3 is 2.60 bits per heavy atom. The molecule has 1 unspecified atom stereocenters. The van der Waals surface area contributed by atoms with Gasteiger partial charge in [-0.25, -0.2) is 8.42 Å². The summed E-state index contributed by atoms with van der Waals surface area (Å²) >= 11 is 5.85. The molecule has 0 radical (unpaired) electrons. The summed E-state index contributed by atoms with van der Waals surface area (Å²) < 4.78 is 27.4. The summed E-state index contributed by atoms with van der Waals surface area (Å²) in [7, 11) is -3.90. The van der Waals surface area contributed by atoms with Crippen LogP contribution in [0.3, 0.4) is 0 Å². The van der Waals surface area contributed by atoms with Gasteiger partial charge in [-0.15, -0.1) is 0 Å². The van der Waals surface area contributed by atoms with E-state index in [0.717, 1.165) is 0 Å². The number of sulfonamides is 1. The third-order valence-electron chi connectivity index (χ3n) is 3.67. The van der Waals surface area contributed by atoms with Gasteiger partial charge >= 0.3 is 0 Å². The van der Waals surface area contributed by atoms with E-state index in [2.05, 4.69) is 10.0 Å². The number of amides is 1. The minimum Gasteiger partial charge on any atom is -0.506 e. The fourth-order valence-corrected chi connectivity index (χ4v) is 3.26. The fraction of sp³-hybridized carbons (Fsp3) is 0.235. The van der Waals surface area contributed by atoms with Gasteiger partial charge in [-0.05, 0) is 42.8 Å². The molecule has 0 aromatic heterocycles. The van der Waals surface area contributed by atoms with Gasteiger partial charge in [-0.2, -0.15) is 0 Å². The van der Waals surface area contributed by atoms with Crippen LogP contribution >= 0.6 is 11.6 Å². The number of phenolic OH excluding ortho intramolecular Hbond substituents is 1. The van der Waals surface area contributed by atoms with E-state index in [1.54, 1.807) is 25.1 Å². The number of halogens is 1. The molecule has 1 atom stereocenters. The van der Waals surface area contributed by atoms with Crippen LogP contribution in [0.15, 0.2) is 47.4 Å². The minimum absolute atomic E-state index is 0.0410. The molecule has 0 saturated heterocycles. The molecule has 25 heavy (non-hydrogen) atoms. The van der Waals surface area contributed by atoms with Gasteiger partial charge in [0.05, 0.1) is 16.3 Å². The van der Waals surface area contributed by atoms with Gasteiger partial charge in [0.1, 0.15) is 5.75 Å². The number of rotatable bonds is 6. The van der Waals surface area contributed by atoms with E-state index in [-0.39, 0.29) is 28.2 Å². The smallest absolute Gasteiger partial charge is 0.261 e. The molecule has 2 rings (SSSR count). The van der Waals surface area contributed by atoms with Gasteiger partial charge in [0.2, 0.25) is 5.91 Å². The highest BCUT2D eigenvalue weighted by Gasteiger charge is 2.18. The molecule has 0 aliphatic carbocycles. The number of anilines is 2. The first-order chi connectivity index (χ1) is 11.7. The molecule has 0 aliphatic heterocycles. The van der Waals surface area contributed by atoms with Crippen molar-refractivity contribution in [3.63, 3.8) is 0 Å². The van der Waals surface area contributed by atoms with Gasteiger partial charge < -0.3 is 10.4 Å². The van der Waals surface area contributed by atoms with Gasteiger partial charge in [0.25, 0.3) is 10.0 Å². The van der Waals surface area contributed by atoms with Crippen LogP contribution in [0.4, 0.5) is 11.4 Å². The topological polar surface area (TPSA) is 95.5 Å². The first-order valence-electron chi connectivity index (χ1n) is 7.65. The first-order valence-corrected chi connectivity index (χ1v) is 9.51. The SMILES string of the molecule is CCC(C)C(=O)Nc1cc(S(=O)(=O)Nc2cccc(Cl)c2)ccc1O. The molecule has 0 spiro atoms. The molecular weight excluding hydrogens is 364 g/mol. The molecule has 2 aromatic carbocycles. The van der Waals surface area contributed by atoms with Crippen molar-refractivity contribution in [2.24, 2.45) is 5.92 Å². The Bertz CT molecular complexity index is 884. The summed E-state index contributed by atoms with van der Waals surface area (Å²) in [5.41, 5.74) is 0.352. The lowest BCUT2D eigenvalue weighted by molar-refractivity contribution is -0.119. The van der Waals surface area contributed by atoms with E-state index in [0.29, 0.717) is 17.1 Å². The Kier molecular flexibility index (Phi) is 5.92. The van der Waals surface area contributed by atoms with Crippen molar-refractivity contribution in [2.75, 3.05) is 10.0 Å². The zero-order chi connectivity index (χ0) is 18.6. The van der Waals surface area contributed by atoms with E-state index in [1.165, 1.54) is 24.3 Å². The summed E-state index contributed by atoms with van der Waals surface area (Å²) in [5, 5.41) is 12.8. The highest BCUT2D eigenvalue weighted by Crippen LogP contribution is 2.28. The van der Waals surface area contributed by atoms with Crippen LogP contribution < -0.4 is 10.0 Å². The zero-order valence-corrected chi connectivity index (χ0v) is 15.4. The van der Waals surface area contributed by atoms with Crippen molar-refractivity contribution in [1.29, 1.82) is 0 Å². The van der Waals surface area contributed by atoms with Crippen LogP contribution in [0.5, 0.6) is 5.75 Å². The fourth-order valence-electron chi connectivity index (χ4n) is 1.99. The Balaban J connectivity index is 2.29. The van der Waals surface area contributed by atoms with Crippen molar-refractivity contribution >= 4 is 38.9 Å². The van der Waals surface area contributed by atoms with Gasteiger partial charge in [-0.3, -0.25) is 9.52 Å². The Labute approximate surface area is 151 Å². The summed E-state index contributed by atoms with van der Waals surface area (Å²) in [4.78, 5) is 11.9. The monoisotopic (exact) mass is 382 g/mol. The summed E-state index contributed by atoms with van der Waals surface area (Å²) in [6, 6.07) is 9.97.